The summed E-state index contributed by atoms with van der Waals surface area (Å²) in [7, 11) is 0. The molecule has 2 saturated heterocycles. The van der Waals surface area contributed by atoms with Crippen molar-refractivity contribution in [3.63, 3.8) is 0 Å². The molecule has 5 fully saturated rings. The van der Waals surface area contributed by atoms with Crippen molar-refractivity contribution >= 4 is 0 Å². The van der Waals surface area contributed by atoms with E-state index < -0.39 is 0 Å². The molecule has 0 aromatic heterocycles. The first-order valence-corrected chi connectivity index (χ1v) is 12.1. The van der Waals surface area contributed by atoms with Crippen LogP contribution in [0.15, 0.2) is 0 Å². The molecule has 5 rings (SSSR count). The zero-order chi connectivity index (χ0) is 18.4. The molecule has 0 aromatic rings. The van der Waals surface area contributed by atoms with Crippen LogP contribution in [0.2, 0.25) is 0 Å². The van der Waals surface area contributed by atoms with Crippen molar-refractivity contribution in [2.75, 3.05) is 6.61 Å². The molecule has 0 unspecified atom stereocenters. The molecule has 0 aromatic carbocycles. The number of ether oxygens (including phenoxy) is 2. The molecule has 3 aliphatic carbocycles. The van der Waals surface area contributed by atoms with Crippen molar-refractivity contribution in [1.82, 2.24) is 0 Å². The summed E-state index contributed by atoms with van der Waals surface area (Å²) in [6.07, 6.45) is 16.5. The van der Waals surface area contributed by atoms with Gasteiger partial charge in [0, 0.05) is 6.61 Å². The lowest BCUT2D eigenvalue weighted by atomic mass is 9.66. The van der Waals surface area contributed by atoms with E-state index in [1.807, 2.05) is 0 Å². The zero-order valence-electron chi connectivity index (χ0n) is 17.2. The number of hydrogen-bond donors (Lipinski definition) is 1. The van der Waals surface area contributed by atoms with Gasteiger partial charge in [0.25, 0.3) is 0 Å². The minimum absolute atomic E-state index is 0.0597. The Bertz CT molecular complexity index is 508. The van der Waals surface area contributed by atoms with Gasteiger partial charge in [0.05, 0.1) is 24.4 Å². The van der Waals surface area contributed by atoms with E-state index in [2.05, 4.69) is 6.92 Å². The lowest BCUT2D eigenvalue weighted by molar-refractivity contribution is -0.201. The van der Waals surface area contributed by atoms with Crippen LogP contribution in [0.5, 0.6) is 0 Å². The predicted octanol–water partition coefficient (Wildman–Crippen LogP) is 4.95. The largest absolute Gasteiger partial charge is 0.393 e. The van der Waals surface area contributed by atoms with Gasteiger partial charge in [-0.1, -0.05) is 32.6 Å². The monoisotopic (exact) mass is 376 g/mol. The van der Waals surface area contributed by atoms with E-state index in [9.17, 15) is 5.11 Å². The van der Waals surface area contributed by atoms with Crippen LogP contribution in [0.3, 0.4) is 0 Å². The van der Waals surface area contributed by atoms with Gasteiger partial charge in [-0.2, -0.15) is 0 Å². The minimum atomic E-state index is -0.0597. The summed E-state index contributed by atoms with van der Waals surface area (Å²) in [6, 6.07) is 0. The number of rotatable bonds is 1. The fourth-order valence-corrected chi connectivity index (χ4v) is 7.74. The number of hydrogen-bond acceptors (Lipinski definition) is 3. The Hall–Kier alpha value is -0.120. The van der Waals surface area contributed by atoms with Crippen LogP contribution >= 0.6 is 0 Å². The molecule has 10 atom stereocenters. The van der Waals surface area contributed by atoms with Crippen LogP contribution in [-0.4, -0.2) is 36.1 Å². The average Bonchev–Trinajstić information content (AvgIpc) is 2.83. The van der Waals surface area contributed by atoms with E-state index in [0.717, 1.165) is 37.2 Å². The van der Waals surface area contributed by atoms with E-state index in [-0.39, 0.29) is 6.10 Å². The molecule has 2 aliphatic heterocycles. The van der Waals surface area contributed by atoms with Crippen LogP contribution < -0.4 is 0 Å². The lowest BCUT2D eigenvalue weighted by Gasteiger charge is -2.48. The Kier molecular flexibility index (Phi) is 5.56. The maximum absolute atomic E-state index is 11.1. The van der Waals surface area contributed by atoms with Crippen molar-refractivity contribution in [1.29, 1.82) is 0 Å². The third-order valence-corrected chi connectivity index (χ3v) is 9.14. The Balaban J connectivity index is 1.27. The number of aliphatic hydroxyl groups is 1. The molecule has 1 N–H and O–H groups in total. The first-order valence-electron chi connectivity index (χ1n) is 12.1. The molecule has 154 valence electrons. The highest BCUT2D eigenvalue weighted by molar-refractivity contribution is 4.96. The Labute approximate surface area is 165 Å². The van der Waals surface area contributed by atoms with Gasteiger partial charge >= 0.3 is 0 Å². The Morgan fingerprint density at radius 2 is 1.48 bits per heavy atom. The zero-order valence-corrected chi connectivity index (χ0v) is 17.2. The topological polar surface area (TPSA) is 38.7 Å². The Morgan fingerprint density at radius 1 is 0.704 bits per heavy atom. The standard InChI is InChI=1S/C24H40O3/c1-15-11-23-22(7-4-10-26-23)27-24(15)19-9-8-18-12-16-5-2-3-6-17(16)14-21(25)20(18)13-19/h15-25H,2-14H2,1H3/t15-,16-,17-,18+,19-,20-,21+,22+,23-,24+/m1/s1. The maximum atomic E-state index is 11.1. The molecule has 0 radical (unpaired) electrons. The summed E-state index contributed by atoms with van der Waals surface area (Å²) in [6.45, 7) is 3.30. The molecule has 3 saturated carbocycles. The van der Waals surface area contributed by atoms with E-state index in [4.69, 9.17) is 9.47 Å². The van der Waals surface area contributed by atoms with Gasteiger partial charge in [-0.05, 0) is 86.9 Å². The fourth-order valence-electron chi connectivity index (χ4n) is 7.74. The van der Waals surface area contributed by atoms with Gasteiger partial charge in [0.1, 0.15) is 0 Å². The van der Waals surface area contributed by atoms with Crippen LogP contribution in [0, 0.1) is 35.5 Å². The Morgan fingerprint density at radius 3 is 2.33 bits per heavy atom. The summed E-state index contributed by atoms with van der Waals surface area (Å²) < 4.78 is 12.7. The smallest absolute Gasteiger partial charge is 0.0841 e. The second-order valence-electron chi connectivity index (χ2n) is 10.7. The molecular formula is C24H40O3. The van der Waals surface area contributed by atoms with Gasteiger partial charge in [-0.3, -0.25) is 0 Å². The van der Waals surface area contributed by atoms with Crippen molar-refractivity contribution < 1.29 is 14.6 Å². The SMILES string of the molecule is C[C@@H]1C[C@H]2OCCC[C@@H]2O[C@@H]1[C@@H]1CC[C@H]2C[C@H]3CCCC[C@@H]3C[C@H](O)[C@@H]2C1. The van der Waals surface area contributed by atoms with Crippen LogP contribution in [0.25, 0.3) is 0 Å². The highest BCUT2D eigenvalue weighted by Gasteiger charge is 2.47. The van der Waals surface area contributed by atoms with E-state index in [0.29, 0.717) is 36.1 Å². The summed E-state index contributed by atoms with van der Waals surface area (Å²) in [4.78, 5) is 0. The van der Waals surface area contributed by atoms with Crippen LogP contribution in [-0.2, 0) is 9.47 Å². The normalized spacial score (nSPS) is 53.6. The molecule has 0 spiro atoms. The van der Waals surface area contributed by atoms with Gasteiger partial charge in [0.2, 0.25) is 0 Å². The number of fused-ring (bicyclic) bond motifs is 3. The number of aliphatic hydroxyl groups excluding tert-OH is 1. The second kappa shape index (κ2) is 7.95. The summed E-state index contributed by atoms with van der Waals surface area (Å²) in [5.74, 6) is 4.27. The summed E-state index contributed by atoms with van der Waals surface area (Å²) in [5.41, 5.74) is 0. The van der Waals surface area contributed by atoms with Gasteiger partial charge < -0.3 is 14.6 Å². The molecule has 27 heavy (non-hydrogen) atoms. The minimum Gasteiger partial charge on any atom is -0.393 e. The molecular weight excluding hydrogens is 336 g/mol. The van der Waals surface area contributed by atoms with Crippen molar-refractivity contribution in [3.05, 3.63) is 0 Å². The van der Waals surface area contributed by atoms with Gasteiger partial charge in [0.15, 0.2) is 0 Å². The lowest BCUT2D eigenvalue weighted by Crippen LogP contribution is -2.50. The van der Waals surface area contributed by atoms with Crippen molar-refractivity contribution in [2.24, 2.45) is 35.5 Å². The molecule has 3 nitrogen and oxygen atoms in total. The molecule has 0 amide bonds. The average molecular weight is 377 g/mol. The highest BCUT2D eigenvalue weighted by atomic mass is 16.6. The maximum Gasteiger partial charge on any atom is 0.0841 e. The first kappa shape index (κ1) is 18.9. The third kappa shape index (κ3) is 3.73. The van der Waals surface area contributed by atoms with Gasteiger partial charge in [-0.15, -0.1) is 0 Å². The quantitative estimate of drug-likeness (QED) is 0.703. The van der Waals surface area contributed by atoms with E-state index in [1.54, 1.807) is 0 Å². The fraction of sp³-hybridized carbons (Fsp3) is 1.00. The summed E-state index contributed by atoms with van der Waals surface area (Å²) in [5, 5.41) is 11.1. The van der Waals surface area contributed by atoms with Crippen LogP contribution in [0.1, 0.15) is 84.0 Å². The molecule has 3 heteroatoms. The van der Waals surface area contributed by atoms with Gasteiger partial charge in [-0.25, -0.2) is 0 Å². The van der Waals surface area contributed by atoms with Crippen molar-refractivity contribution in [2.45, 2.75) is 108 Å². The third-order valence-electron chi connectivity index (χ3n) is 9.14. The van der Waals surface area contributed by atoms with Crippen LogP contribution in [0.4, 0.5) is 0 Å². The van der Waals surface area contributed by atoms with E-state index in [1.165, 1.54) is 64.2 Å². The van der Waals surface area contributed by atoms with E-state index >= 15 is 0 Å². The molecule has 0 bridgehead atoms. The first-order chi connectivity index (χ1) is 13.2. The molecule has 5 aliphatic rings. The highest BCUT2D eigenvalue weighted by Crippen LogP contribution is 2.51. The predicted molar refractivity (Wildman–Crippen MR) is 106 cm³/mol. The molecule has 2 heterocycles. The second-order valence-corrected chi connectivity index (χ2v) is 10.7. The van der Waals surface area contributed by atoms with Crippen molar-refractivity contribution in [3.8, 4) is 0 Å². The summed E-state index contributed by atoms with van der Waals surface area (Å²) >= 11 is 0.